The Balaban J connectivity index is 1.75. The van der Waals surface area contributed by atoms with Crippen molar-refractivity contribution in [1.29, 1.82) is 0 Å². The molecule has 1 aliphatic carbocycles. The van der Waals surface area contributed by atoms with Gasteiger partial charge in [-0.3, -0.25) is 14.6 Å². The molecule has 0 saturated heterocycles. The fraction of sp³-hybridized carbons (Fsp3) is 0.167. The molecule has 0 aliphatic heterocycles. The second kappa shape index (κ2) is 6.57. The van der Waals surface area contributed by atoms with Crippen LogP contribution in [0.3, 0.4) is 0 Å². The Morgan fingerprint density at radius 3 is 2.24 bits per heavy atom. The molecular formula is C24H20N2O3. The maximum atomic E-state index is 13.4. The van der Waals surface area contributed by atoms with E-state index in [4.69, 9.17) is 10.2 Å². The summed E-state index contributed by atoms with van der Waals surface area (Å²) in [6.45, 7) is 0. The first-order valence-corrected chi connectivity index (χ1v) is 9.71. The number of hydrogen-bond donors (Lipinski definition) is 2. The highest BCUT2D eigenvalue weighted by molar-refractivity contribution is 5.87. The van der Waals surface area contributed by atoms with Gasteiger partial charge in [0.25, 0.3) is 5.56 Å². The monoisotopic (exact) mass is 384 g/mol. The quantitative estimate of drug-likeness (QED) is 0.555. The van der Waals surface area contributed by atoms with E-state index in [1.165, 1.54) is 12.1 Å². The van der Waals surface area contributed by atoms with Crippen molar-refractivity contribution in [3.05, 3.63) is 92.9 Å². The van der Waals surface area contributed by atoms with Gasteiger partial charge in [0.05, 0.1) is 10.9 Å². The topological polar surface area (TPSA) is 89.1 Å². The Morgan fingerprint density at radius 1 is 0.862 bits per heavy atom. The molecule has 1 fully saturated rings. The number of H-pyrrole nitrogens is 1. The van der Waals surface area contributed by atoms with Crippen LogP contribution >= 0.6 is 0 Å². The molecule has 0 radical (unpaired) electrons. The number of aromatic nitrogens is 1. The predicted molar refractivity (Wildman–Crippen MR) is 114 cm³/mol. The number of aromatic amines is 1. The molecule has 4 aromatic rings. The molecule has 2 heterocycles. The predicted octanol–water partition coefficient (Wildman–Crippen LogP) is 4.15. The minimum absolute atomic E-state index is 0.178. The molecule has 2 aromatic carbocycles. The van der Waals surface area contributed by atoms with Gasteiger partial charge in [-0.05, 0) is 36.5 Å². The van der Waals surface area contributed by atoms with E-state index in [0.29, 0.717) is 16.7 Å². The van der Waals surface area contributed by atoms with Crippen LogP contribution in [-0.2, 0) is 5.54 Å². The third-order valence-electron chi connectivity index (χ3n) is 5.82. The van der Waals surface area contributed by atoms with E-state index in [1.807, 2.05) is 54.6 Å². The zero-order valence-electron chi connectivity index (χ0n) is 15.8. The van der Waals surface area contributed by atoms with E-state index in [-0.39, 0.29) is 22.2 Å². The summed E-state index contributed by atoms with van der Waals surface area (Å²) in [7, 11) is 0. The molecule has 0 spiro atoms. The maximum absolute atomic E-state index is 13.4. The van der Waals surface area contributed by atoms with Crippen LogP contribution in [-0.4, -0.2) is 4.98 Å². The minimum atomic E-state index is -0.314. The van der Waals surface area contributed by atoms with Gasteiger partial charge in [-0.15, -0.1) is 0 Å². The van der Waals surface area contributed by atoms with Gasteiger partial charge >= 0.3 is 0 Å². The molecule has 5 nitrogen and oxygen atoms in total. The molecule has 2 aromatic heterocycles. The van der Waals surface area contributed by atoms with Crippen molar-refractivity contribution in [3.8, 4) is 22.5 Å². The average Bonchev–Trinajstić information content (AvgIpc) is 2.72. The molecule has 5 rings (SSSR count). The van der Waals surface area contributed by atoms with Gasteiger partial charge in [0.2, 0.25) is 11.1 Å². The Kier molecular flexibility index (Phi) is 4.00. The van der Waals surface area contributed by atoms with Crippen LogP contribution in [0.25, 0.3) is 33.6 Å². The van der Waals surface area contributed by atoms with Crippen molar-refractivity contribution in [2.24, 2.45) is 5.73 Å². The number of nitrogens with two attached hydrogens (primary N) is 1. The Hall–Kier alpha value is -3.44. The summed E-state index contributed by atoms with van der Waals surface area (Å²) < 4.78 is 6.04. The molecule has 144 valence electrons. The molecule has 1 saturated carbocycles. The molecule has 3 N–H and O–H groups in total. The van der Waals surface area contributed by atoms with Crippen LogP contribution < -0.4 is 16.7 Å². The second-order valence-corrected chi connectivity index (χ2v) is 7.65. The molecular weight excluding hydrogens is 364 g/mol. The Labute approximate surface area is 166 Å². The summed E-state index contributed by atoms with van der Waals surface area (Å²) in [5.41, 5.74) is 8.96. The average molecular weight is 384 g/mol. The van der Waals surface area contributed by atoms with Gasteiger partial charge in [0, 0.05) is 17.2 Å². The van der Waals surface area contributed by atoms with Crippen molar-refractivity contribution >= 4 is 11.1 Å². The summed E-state index contributed by atoms with van der Waals surface area (Å²) >= 11 is 0. The van der Waals surface area contributed by atoms with Crippen molar-refractivity contribution in [3.63, 3.8) is 0 Å². The summed E-state index contributed by atoms with van der Waals surface area (Å²) in [4.78, 5) is 27.7. The Bertz CT molecular complexity index is 1310. The lowest BCUT2D eigenvalue weighted by atomic mass is 9.72. The third-order valence-corrected chi connectivity index (χ3v) is 5.82. The van der Waals surface area contributed by atoms with Gasteiger partial charge in [0.15, 0.2) is 0 Å². The van der Waals surface area contributed by atoms with Gasteiger partial charge in [-0.2, -0.15) is 0 Å². The minimum Gasteiger partial charge on any atom is -0.439 e. The summed E-state index contributed by atoms with van der Waals surface area (Å²) in [5, 5.41) is 0.345. The van der Waals surface area contributed by atoms with E-state index >= 15 is 0 Å². The molecule has 1 aliphatic rings. The SMILES string of the molecule is NC1(c2ccc(-c3c(-c4ccccc4)oc4[nH]c(=O)ccc4c3=O)cc2)CCC1. The lowest BCUT2D eigenvalue weighted by molar-refractivity contribution is 0.253. The Morgan fingerprint density at radius 2 is 1.59 bits per heavy atom. The van der Waals surface area contributed by atoms with Crippen LogP contribution in [0.1, 0.15) is 24.8 Å². The highest BCUT2D eigenvalue weighted by atomic mass is 16.3. The van der Waals surface area contributed by atoms with E-state index in [2.05, 4.69) is 4.98 Å². The first kappa shape index (κ1) is 17.6. The lowest BCUT2D eigenvalue weighted by Crippen LogP contribution is -2.43. The zero-order valence-corrected chi connectivity index (χ0v) is 15.8. The lowest BCUT2D eigenvalue weighted by Gasteiger charge is -2.38. The fourth-order valence-corrected chi connectivity index (χ4v) is 3.98. The number of rotatable bonds is 3. The zero-order chi connectivity index (χ0) is 20.0. The van der Waals surface area contributed by atoms with Crippen molar-refractivity contribution in [1.82, 2.24) is 4.98 Å². The van der Waals surface area contributed by atoms with Crippen LogP contribution in [0.5, 0.6) is 0 Å². The smallest absolute Gasteiger partial charge is 0.250 e. The normalized spacial score (nSPS) is 15.2. The first-order chi connectivity index (χ1) is 14.0. The summed E-state index contributed by atoms with van der Waals surface area (Å²) in [6, 6.07) is 20.1. The van der Waals surface area contributed by atoms with Crippen LogP contribution in [0.2, 0.25) is 0 Å². The van der Waals surface area contributed by atoms with E-state index in [1.54, 1.807) is 0 Å². The number of fused-ring (bicyclic) bond motifs is 1. The number of benzene rings is 2. The number of pyridine rings is 1. The van der Waals surface area contributed by atoms with Gasteiger partial charge in [-0.1, -0.05) is 54.6 Å². The number of hydrogen-bond acceptors (Lipinski definition) is 4. The standard InChI is InChI=1S/C24H20N2O3/c25-24(13-4-14-24)17-9-7-15(8-10-17)20-21(28)18-11-12-19(27)26-23(18)29-22(20)16-5-2-1-3-6-16/h1-3,5-12H,4,13-14,25H2,(H,26,27). The van der Waals surface area contributed by atoms with Crippen LogP contribution in [0, 0.1) is 0 Å². The van der Waals surface area contributed by atoms with E-state index in [0.717, 1.165) is 36.0 Å². The molecule has 0 amide bonds. The second-order valence-electron chi connectivity index (χ2n) is 7.65. The maximum Gasteiger partial charge on any atom is 0.250 e. The summed E-state index contributed by atoms with van der Waals surface area (Å²) in [6.07, 6.45) is 3.10. The van der Waals surface area contributed by atoms with Crippen molar-refractivity contribution in [2.75, 3.05) is 0 Å². The molecule has 5 heteroatoms. The van der Waals surface area contributed by atoms with Crippen LogP contribution in [0.15, 0.2) is 80.7 Å². The van der Waals surface area contributed by atoms with Crippen LogP contribution in [0.4, 0.5) is 0 Å². The summed E-state index contributed by atoms with van der Waals surface area (Å²) in [5.74, 6) is 0.434. The highest BCUT2D eigenvalue weighted by Gasteiger charge is 2.34. The molecule has 0 atom stereocenters. The highest BCUT2D eigenvalue weighted by Crippen LogP contribution is 2.39. The van der Waals surface area contributed by atoms with E-state index < -0.39 is 0 Å². The largest absolute Gasteiger partial charge is 0.439 e. The first-order valence-electron chi connectivity index (χ1n) is 9.71. The molecule has 0 bridgehead atoms. The number of nitrogens with one attached hydrogen (secondary N) is 1. The molecule has 0 unspecified atom stereocenters. The van der Waals surface area contributed by atoms with Gasteiger partial charge in [0.1, 0.15) is 5.76 Å². The fourth-order valence-electron chi connectivity index (χ4n) is 3.98. The van der Waals surface area contributed by atoms with E-state index in [9.17, 15) is 9.59 Å². The van der Waals surface area contributed by atoms with Crippen molar-refractivity contribution in [2.45, 2.75) is 24.8 Å². The molecule has 29 heavy (non-hydrogen) atoms. The van der Waals surface area contributed by atoms with Crippen molar-refractivity contribution < 1.29 is 4.42 Å². The third kappa shape index (κ3) is 2.91. The van der Waals surface area contributed by atoms with Gasteiger partial charge in [-0.25, -0.2) is 0 Å². The van der Waals surface area contributed by atoms with Gasteiger partial charge < -0.3 is 10.2 Å².